The van der Waals surface area contributed by atoms with Crippen LogP contribution in [0.2, 0.25) is 0 Å². The maximum atomic E-state index is 6.46. The average Bonchev–Trinajstić information content (AvgIpc) is 3.55. The summed E-state index contributed by atoms with van der Waals surface area (Å²) in [6.45, 7) is 0. The summed E-state index contributed by atoms with van der Waals surface area (Å²) >= 11 is 0. The molecule has 0 fully saturated rings. The molecule has 0 aliphatic rings. The van der Waals surface area contributed by atoms with E-state index in [4.69, 9.17) is 4.42 Å². The number of rotatable bonds is 6. The summed E-state index contributed by atoms with van der Waals surface area (Å²) in [4.78, 5) is 2.31. The Morgan fingerprint density at radius 3 is 1.42 bits per heavy atom. The second-order valence-corrected chi connectivity index (χ2v) is 12.2. The smallest absolute Gasteiger partial charge is 0.143 e. The molecule has 0 saturated carbocycles. The molecule has 0 N–H and O–H groups in total. The highest BCUT2D eigenvalue weighted by Crippen LogP contribution is 2.39. The Morgan fingerprint density at radius 2 is 0.771 bits per heavy atom. The molecule has 48 heavy (non-hydrogen) atoms. The van der Waals surface area contributed by atoms with Gasteiger partial charge in [-0.15, -0.1) is 0 Å². The standard InChI is InChI=1S/C46H31NO/c1-3-9-32(10-4-1)33-15-17-34(18-16-33)35-19-25-40(26-20-35)47(39-12-5-2-6-13-39)41-27-21-36(22-28-41)38-24-29-43-44-30-23-37-11-7-8-14-42(37)46(44)48-45(43)31-38/h1-31H. The first-order valence-corrected chi connectivity index (χ1v) is 16.3. The molecule has 0 radical (unpaired) electrons. The van der Waals surface area contributed by atoms with Gasteiger partial charge in [0, 0.05) is 33.2 Å². The topological polar surface area (TPSA) is 16.4 Å². The normalized spacial score (nSPS) is 11.3. The summed E-state index contributed by atoms with van der Waals surface area (Å²) in [5, 5.41) is 4.63. The Kier molecular flexibility index (Phi) is 6.84. The first-order chi connectivity index (χ1) is 23.8. The van der Waals surface area contributed by atoms with Crippen LogP contribution in [0.5, 0.6) is 0 Å². The largest absolute Gasteiger partial charge is 0.455 e. The van der Waals surface area contributed by atoms with E-state index in [1.165, 1.54) is 27.6 Å². The molecule has 0 atom stereocenters. The molecule has 1 heterocycles. The fourth-order valence-corrected chi connectivity index (χ4v) is 6.80. The molecule has 9 rings (SSSR count). The molecule has 0 spiro atoms. The third kappa shape index (κ3) is 5.01. The third-order valence-electron chi connectivity index (χ3n) is 9.29. The highest BCUT2D eigenvalue weighted by atomic mass is 16.3. The Morgan fingerprint density at radius 1 is 0.312 bits per heavy atom. The van der Waals surface area contributed by atoms with Gasteiger partial charge >= 0.3 is 0 Å². The number of anilines is 3. The van der Waals surface area contributed by atoms with Crippen LogP contribution < -0.4 is 4.90 Å². The van der Waals surface area contributed by atoms with Crippen LogP contribution in [0.3, 0.4) is 0 Å². The van der Waals surface area contributed by atoms with Crippen LogP contribution >= 0.6 is 0 Å². The monoisotopic (exact) mass is 613 g/mol. The predicted molar refractivity (Wildman–Crippen MR) is 202 cm³/mol. The number of hydrogen-bond donors (Lipinski definition) is 0. The maximum absolute atomic E-state index is 6.46. The quantitative estimate of drug-likeness (QED) is 0.185. The fraction of sp³-hybridized carbons (Fsp3) is 0. The summed E-state index contributed by atoms with van der Waals surface area (Å²) in [6.07, 6.45) is 0. The average molecular weight is 614 g/mol. The summed E-state index contributed by atoms with van der Waals surface area (Å²) in [5.74, 6) is 0. The molecule has 0 saturated heterocycles. The van der Waals surface area contributed by atoms with Crippen LogP contribution in [0, 0.1) is 0 Å². The lowest BCUT2D eigenvalue weighted by Gasteiger charge is -2.26. The van der Waals surface area contributed by atoms with E-state index in [1.807, 2.05) is 0 Å². The zero-order valence-electron chi connectivity index (χ0n) is 26.3. The van der Waals surface area contributed by atoms with E-state index in [-0.39, 0.29) is 0 Å². The summed E-state index contributed by atoms with van der Waals surface area (Å²) in [7, 11) is 0. The highest BCUT2D eigenvalue weighted by Gasteiger charge is 2.15. The van der Waals surface area contributed by atoms with Crippen molar-refractivity contribution in [2.75, 3.05) is 4.90 Å². The van der Waals surface area contributed by atoms with Crippen molar-refractivity contribution < 1.29 is 4.42 Å². The molecule has 226 valence electrons. The van der Waals surface area contributed by atoms with Crippen LogP contribution in [0.1, 0.15) is 0 Å². The Hall–Kier alpha value is -6.38. The van der Waals surface area contributed by atoms with Crippen LogP contribution in [0.25, 0.3) is 66.1 Å². The minimum Gasteiger partial charge on any atom is -0.455 e. The molecule has 0 aliphatic carbocycles. The van der Waals surface area contributed by atoms with Crippen LogP contribution in [-0.4, -0.2) is 0 Å². The number of para-hydroxylation sites is 1. The minimum absolute atomic E-state index is 0.906. The van der Waals surface area contributed by atoms with Crippen molar-refractivity contribution in [2.24, 2.45) is 0 Å². The highest BCUT2D eigenvalue weighted by molar-refractivity contribution is 6.15. The maximum Gasteiger partial charge on any atom is 0.143 e. The van der Waals surface area contributed by atoms with Gasteiger partial charge in [0.05, 0.1) is 0 Å². The van der Waals surface area contributed by atoms with E-state index < -0.39 is 0 Å². The summed E-state index contributed by atoms with van der Waals surface area (Å²) in [6, 6.07) is 66.8. The Balaban J connectivity index is 1.03. The van der Waals surface area contributed by atoms with Crippen molar-refractivity contribution in [1.29, 1.82) is 0 Å². The van der Waals surface area contributed by atoms with Gasteiger partial charge in [-0.3, -0.25) is 0 Å². The van der Waals surface area contributed by atoms with E-state index in [0.29, 0.717) is 0 Å². The lowest BCUT2D eigenvalue weighted by atomic mass is 10.00. The van der Waals surface area contributed by atoms with Crippen LogP contribution in [-0.2, 0) is 0 Å². The van der Waals surface area contributed by atoms with Crippen molar-refractivity contribution in [3.8, 4) is 33.4 Å². The van der Waals surface area contributed by atoms with Crippen molar-refractivity contribution in [3.63, 3.8) is 0 Å². The van der Waals surface area contributed by atoms with E-state index in [0.717, 1.165) is 55.5 Å². The van der Waals surface area contributed by atoms with Crippen molar-refractivity contribution in [2.45, 2.75) is 0 Å². The van der Waals surface area contributed by atoms with Gasteiger partial charge in [0.2, 0.25) is 0 Å². The molecular weight excluding hydrogens is 583 g/mol. The third-order valence-corrected chi connectivity index (χ3v) is 9.29. The first kappa shape index (κ1) is 27.9. The fourth-order valence-electron chi connectivity index (χ4n) is 6.80. The Labute approximate surface area is 279 Å². The van der Waals surface area contributed by atoms with Gasteiger partial charge in [-0.2, -0.15) is 0 Å². The van der Waals surface area contributed by atoms with Gasteiger partial charge in [-0.05, 0) is 93.4 Å². The molecule has 9 aromatic rings. The molecule has 8 aromatic carbocycles. The van der Waals surface area contributed by atoms with Crippen LogP contribution in [0.15, 0.2) is 192 Å². The number of fused-ring (bicyclic) bond motifs is 5. The van der Waals surface area contributed by atoms with E-state index in [2.05, 4.69) is 193 Å². The van der Waals surface area contributed by atoms with Crippen molar-refractivity contribution in [3.05, 3.63) is 188 Å². The zero-order chi connectivity index (χ0) is 31.9. The van der Waals surface area contributed by atoms with Gasteiger partial charge in [0.1, 0.15) is 11.2 Å². The number of nitrogens with zero attached hydrogens (tertiary/aromatic N) is 1. The van der Waals surface area contributed by atoms with Gasteiger partial charge < -0.3 is 9.32 Å². The molecule has 2 nitrogen and oxygen atoms in total. The summed E-state index contributed by atoms with van der Waals surface area (Å²) in [5.41, 5.74) is 12.3. The Bertz CT molecular complexity index is 2510. The molecule has 0 aliphatic heterocycles. The van der Waals surface area contributed by atoms with E-state index in [1.54, 1.807) is 0 Å². The number of hydrogen-bond acceptors (Lipinski definition) is 2. The second kappa shape index (κ2) is 11.8. The van der Waals surface area contributed by atoms with Gasteiger partial charge in [0.25, 0.3) is 0 Å². The van der Waals surface area contributed by atoms with Crippen LogP contribution in [0.4, 0.5) is 17.1 Å². The zero-order valence-corrected chi connectivity index (χ0v) is 26.3. The van der Waals surface area contributed by atoms with E-state index in [9.17, 15) is 0 Å². The number of furan rings is 1. The van der Waals surface area contributed by atoms with Crippen molar-refractivity contribution >= 4 is 49.8 Å². The molecular formula is C46H31NO. The lowest BCUT2D eigenvalue weighted by molar-refractivity contribution is 0.673. The van der Waals surface area contributed by atoms with Gasteiger partial charge in [-0.1, -0.05) is 133 Å². The van der Waals surface area contributed by atoms with Crippen molar-refractivity contribution in [1.82, 2.24) is 0 Å². The predicted octanol–water partition coefficient (Wildman–Crippen LogP) is 13.2. The number of benzene rings is 8. The molecule has 2 heteroatoms. The molecule has 0 amide bonds. The first-order valence-electron chi connectivity index (χ1n) is 16.3. The van der Waals surface area contributed by atoms with E-state index >= 15 is 0 Å². The molecule has 0 unspecified atom stereocenters. The summed E-state index contributed by atoms with van der Waals surface area (Å²) < 4.78 is 6.46. The van der Waals surface area contributed by atoms with Gasteiger partial charge in [0.15, 0.2) is 0 Å². The minimum atomic E-state index is 0.906. The molecule has 0 bridgehead atoms. The SMILES string of the molecule is c1ccc(-c2ccc(-c3ccc(N(c4ccccc4)c4ccc(-c5ccc6c(c5)oc5c7ccccc7ccc65)cc4)cc3)cc2)cc1. The lowest BCUT2D eigenvalue weighted by Crippen LogP contribution is -2.09. The molecule has 1 aromatic heterocycles. The second-order valence-electron chi connectivity index (χ2n) is 12.2. The van der Waals surface area contributed by atoms with Gasteiger partial charge in [-0.25, -0.2) is 0 Å².